The van der Waals surface area contributed by atoms with Gasteiger partial charge in [0.05, 0.1) is 7.11 Å². The summed E-state index contributed by atoms with van der Waals surface area (Å²) in [5.41, 5.74) is 5.88. The highest BCUT2D eigenvalue weighted by Crippen LogP contribution is 2.29. The van der Waals surface area contributed by atoms with Crippen molar-refractivity contribution in [1.82, 2.24) is 0 Å². The lowest BCUT2D eigenvalue weighted by atomic mass is 10.2. The molecule has 0 fully saturated rings. The van der Waals surface area contributed by atoms with Gasteiger partial charge in [0.1, 0.15) is 4.99 Å². The average molecular weight is 265 g/mol. The van der Waals surface area contributed by atoms with Gasteiger partial charge in [0.25, 0.3) is 0 Å². The zero-order valence-electron chi connectivity index (χ0n) is 8.88. The fourth-order valence-electron chi connectivity index (χ4n) is 1.10. The van der Waals surface area contributed by atoms with E-state index in [1.54, 1.807) is 0 Å². The Balaban J connectivity index is 2.89. The van der Waals surface area contributed by atoms with E-state index in [1.807, 2.05) is 0 Å². The topological polar surface area (TPSA) is 44.5 Å². The first-order chi connectivity index (χ1) is 7.83. The van der Waals surface area contributed by atoms with Gasteiger partial charge in [-0.05, 0) is 18.2 Å². The standard InChI is InChI=1S/C10H10F3NO2S/c1-15-8-4-6(9(14)17)2-3-7(8)16-5-10(11,12)13/h2-4H,5H2,1H3,(H2,14,17). The fraction of sp³-hybridized carbons (Fsp3) is 0.300. The Morgan fingerprint density at radius 1 is 1.35 bits per heavy atom. The highest BCUT2D eigenvalue weighted by molar-refractivity contribution is 7.80. The first-order valence-corrected chi connectivity index (χ1v) is 4.91. The Morgan fingerprint density at radius 3 is 2.47 bits per heavy atom. The predicted molar refractivity (Wildman–Crippen MR) is 60.4 cm³/mol. The molecule has 1 rings (SSSR count). The van der Waals surface area contributed by atoms with Crippen molar-refractivity contribution < 1.29 is 22.6 Å². The van der Waals surface area contributed by atoms with Crippen molar-refractivity contribution in [1.29, 1.82) is 0 Å². The summed E-state index contributed by atoms with van der Waals surface area (Å²) in [6.07, 6.45) is -4.40. The molecular formula is C10H10F3NO2S. The number of benzene rings is 1. The molecule has 0 amide bonds. The van der Waals surface area contributed by atoms with Crippen molar-refractivity contribution in [3.8, 4) is 11.5 Å². The van der Waals surface area contributed by atoms with Gasteiger partial charge in [-0.25, -0.2) is 0 Å². The third-order valence-corrected chi connectivity index (χ3v) is 2.08. The Bertz CT molecular complexity index is 421. The molecule has 0 spiro atoms. The quantitative estimate of drug-likeness (QED) is 0.848. The molecule has 7 heteroatoms. The number of hydrogen-bond acceptors (Lipinski definition) is 3. The molecule has 3 nitrogen and oxygen atoms in total. The Hall–Kier alpha value is -1.50. The highest BCUT2D eigenvalue weighted by Gasteiger charge is 2.29. The minimum absolute atomic E-state index is 0.00942. The van der Waals surface area contributed by atoms with Crippen LogP contribution in [0.2, 0.25) is 0 Å². The maximum atomic E-state index is 12.0. The van der Waals surface area contributed by atoms with Crippen LogP contribution in [0.3, 0.4) is 0 Å². The van der Waals surface area contributed by atoms with E-state index in [2.05, 4.69) is 4.74 Å². The molecule has 94 valence electrons. The van der Waals surface area contributed by atoms with E-state index >= 15 is 0 Å². The lowest BCUT2D eigenvalue weighted by Gasteiger charge is -2.13. The summed E-state index contributed by atoms with van der Waals surface area (Å²) in [6, 6.07) is 4.23. The first kappa shape index (κ1) is 13.6. The second-order valence-electron chi connectivity index (χ2n) is 3.13. The Morgan fingerprint density at radius 2 is 2.00 bits per heavy atom. The summed E-state index contributed by atoms with van der Waals surface area (Å²) >= 11 is 4.74. The second kappa shape index (κ2) is 5.22. The van der Waals surface area contributed by atoms with Gasteiger partial charge in [0, 0.05) is 5.56 Å². The number of halogens is 3. The number of thiocarbonyl (C=S) groups is 1. The number of nitrogens with two attached hydrogens (primary N) is 1. The molecular weight excluding hydrogens is 255 g/mol. The summed E-state index contributed by atoms with van der Waals surface area (Å²) in [6.45, 7) is -1.38. The third-order valence-electron chi connectivity index (χ3n) is 1.84. The van der Waals surface area contributed by atoms with E-state index in [1.165, 1.54) is 25.3 Å². The molecule has 0 unspecified atom stereocenters. The van der Waals surface area contributed by atoms with Crippen LogP contribution in [0, 0.1) is 0 Å². The Labute approximate surface area is 101 Å². The van der Waals surface area contributed by atoms with Crippen LogP contribution in [0.25, 0.3) is 0 Å². The first-order valence-electron chi connectivity index (χ1n) is 4.51. The van der Waals surface area contributed by atoms with Gasteiger partial charge in [0.15, 0.2) is 18.1 Å². The number of alkyl halides is 3. The lowest BCUT2D eigenvalue weighted by Crippen LogP contribution is -2.19. The summed E-state index contributed by atoms with van der Waals surface area (Å²) in [7, 11) is 1.32. The van der Waals surface area contributed by atoms with Crippen LogP contribution in [0.5, 0.6) is 11.5 Å². The van der Waals surface area contributed by atoms with Gasteiger partial charge < -0.3 is 15.2 Å². The van der Waals surface area contributed by atoms with E-state index in [4.69, 9.17) is 22.7 Å². The van der Waals surface area contributed by atoms with E-state index in [0.717, 1.165) is 0 Å². The van der Waals surface area contributed by atoms with E-state index in [0.29, 0.717) is 5.56 Å². The number of methoxy groups -OCH3 is 1. The molecule has 0 atom stereocenters. The molecule has 1 aromatic carbocycles. The van der Waals surface area contributed by atoms with Crippen molar-refractivity contribution in [2.45, 2.75) is 6.18 Å². The maximum absolute atomic E-state index is 12.0. The molecule has 0 heterocycles. The smallest absolute Gasteiger partial charge is 0.422 e. The van der Waals surface area contributed by atoms with Gasteiger partial charge in [-0.1, -0.05) is 12.2 Å². The second-order valence-corrected chi connectivity index (χ2v) is 3.57. The molecule has 0 aliphatic heterocycles. The zero-order valence-corrected chi connectivity index (χ0v) is 9.69. The number of hydrogen-bond donors (Lipinski definition) is 1. The van der Waals surface area contributed by atoms with Crippen LogP contribution in [0.4, 0.5) is 13.2 Å². The molecule has 2 N–H and O–H groups in total. The number of ether oxygens (including phenoxy) is 2. The van der Waals surface area contributed by atoms with E-state index < -0.39 is 12.8 Å². The SMILES string of the molecule is COc1cc(C(N)=S)ccc1OCC(F)(F)F. The lowest BCUT2D eigenvalue weighted by molar-refractivity contribution is -0.153. The van der Waals surface area contributed by atoms with Crippen LogP contribution in [-0.2, 0) is 0 Å². The minimum Gasteiger partial charge on any atom is -0.493 e. The van der Waals surface area contributed by atoms with Crippen LogP contribution >= 0.6 is 12.2 Å². The average Bonchev–Trinajstić information content (AvgIpc) is 2.24. The van der Waals surface area contributed by atoms with Crippen molar-refractivity contribution in [2.24, 2.45) is 5.73 Å². The van der Waals surface area contributed by atoms with E-state index in [-0.39, 0.29) is 16.5 Å². The summed E-state index contributed by atoms with van der Waals surface area (Å²) in [4.78, 5) is 0.130. The van der Waals surface area contributed by atoms with Crippen LogP contribution in [0.1, 0.15) is 5.56 Å². The van der Waals surface area contributed by atoms with Crippen LogP contribution < -0.4 is 15.2 Å². The summed E-state index contributed by atoms with van der Waals surface area (Å²) in [5, 5.41) is 0. The van der Waals surface area contributed by atoms with Crippen LogP contribution in [0.15, 0.2) is 18.2 Å². The zero-order chi connectivity index (χ0) is 13.1. The molecule has 1 aromatic rings. The molecule has 0 saturated heterocycles. The highest BCUT2D eigenvalue weighted by atomic mass is 32.1. The summed E-state index contributed by atoms with van der Waals surface area (Å²) < 4.78 is 45.4. The van der Waals surface area contributed by atoms with Crippen LogP contribution in [-0.4, -0.2) is 24.9 Å². The Kier molecular flexibility index (Phi) is 4.17. The van der Waals surface area contributed by atoms with Crippen molar-refractivity contribution in [2.75, 3.05) is 13.7 Å². The van der Waals surface area contributed by atoms with Crippen molar-refractivity contribution in [3.05, 3.63) is 23.8 Å². The van der Waals surface area contributed by atoms with Crippen molar-refractivity contribution in [3.63, 3.8) is 0 Å². The fourth-order valence-corrected chi connectivity index (χ4v) is 1.23. The van der Waals surface area contributed by atoms with Gasteiger partial charge in [-0.3, -0.25) is 0 Å². The summed E-state index contributed by atoms with van der Waals surface area (Å²) in [5.74, 6) is 0.143. The van der Waals surface area contributed by atoms with Crippen molar-refractivity contribution >= 4 is 17.2 Å². The predicted octanol–water partition coefficient (Wildman–Crippen LogP) is 2.27. The monoisotopic (exact) mass is 265 g/mol. The molecule has 0 aliphatic carbocycles. The minimum atomic E-state index is -4.40. The molecule has 0 saturated carbocycles. The normalized spacial score (nSPS) is 11.1. The molecule has 0 aliphatic rings. The van der Waals surface area contributed by atoms with E-state index in [9.17, 15) is 13.2 Å². The number of rotatable bonds is 4. The maximum Gasteiger partial charge on any atom is 0.422 e. The van der Waals surface area contributed by atoms with Gasteiger partial charge >= 0.3 is 6.18 Å². The third kappa shape index (κ3) is 4.10. The van der Waals surface area contributed by atoms with Gasteiger partial charge in [-0.15, -0.1) is 0 Å². The molecule has 0 bridgehead atoms. The molecule has 0 radical (unpaired) electrons. The molecule has 0 aromatic heterocycles. The van der Waals surface area contributed by atoms with Gasteiger partial charge in [0.2, 0.25) is 0 Å². The molecule has 17 heavy (non-hydrogen) atoms. The van der Waals surface area contributed by atoms with Gasteiger partial charge in [-0.2, -0.15) is 13.2 Å². The largest absolute Gasteiger partial charge is 0.493 e.